The van der Waals surface area contributed by atoms with Crippen molar-refractivity contribution in [3.05, 3.63) is 106 Å². The summed E-state index contributed by atoms with van der Waals surface area (Å²) in [5.41, 5.74) is 12.9. The van der Waals surface area contributed by atoms with Gasteiger partial charge in [-0.05, 0) is 114 Å². The Morgan fingerprint density at radius 3 is 1.14 bits per heavy atom. The van der Waals surface area contributed by atoms with Gasteiger partial charge in [-0.3, -0.25) is 9.98 Å². The number of aryl methyl sites for hydroxylation is 4. The summed E-state index contributed by atoms with van der Waals surface area (Å²) in [6.45, 7) is 16.6. The minimum Gasteiger partial charge on any atom is -0.359 e. The van der Waals surface area contributed by atoms with Gasteiger partial charge in [0, 0.05) is 34.2 Å². The van der Waals surface area contributed by atoms with E-state index in [1.165, 1.54) is 22.3 Å². The molecule has 4 heteroatoms. The lowest BCUT2D eigenvalue weighted by molar-refractivity contribution is 1.31. The average Bonchev–Trinajstić information content (AvgIpc) is 2.80. The van der Waals surface area contributed by atoms with Crippen LogP contribution in [0.25, 0.3) is 0 Å². The summed E-state index contributed by atoms with van der Waals surface area (Å²) in [7, 11) is 0. The molecule has 0 unspecified atom stereocenters. The summed E-state index contributed by atoms with van der Waals surface area (Å²) in [5.74, 6) is 0. The van der Waals surface area contributed by atoms with E-state index in [0.717, 1.165) is 45.6 Å². The van der Waals surface area contributed by atoms with Crippen molar-refractivity contribution in [2.75, 3.05) is 10.6 Å². The van der Waals surface area contributed by atoms with Crippen LogP contribution in [0.1, 0.15) is 49.9 Å². The van der Waals surface area contributed by atoms with Gasteiger partial charge in [-0.15, -0.1) is 0 Å². The molecule has 0 saturated heterocycles. The van der Waals surface area contributed by atoms with Gasteiger partial charge in [-0.25, -0.2) is 0 Å². The maximum absolute atomic E-state index is 4.82. The fraction of sp³-hybridized carbons (Fsp3) is 0.250. The Morgan fingerprint density at radius 2 is 0.833 bits per heavy atom. The van der Waals surface area contributed by atoms with Crippen LogP contribution in [0.2, 0.25) is 0 Å². The predicted octanol–water partition coefficient (Wildman–Crippen LogP) is 9.14. The Bertz CT molecular complexity index is 1190. The summed E-state index contributed by atoms with van der Waals surface area (Å²) in [6, 6.07) is 20.8. The molecular formula is C32H38N4. The summed E-state index contributed by atoms with van der Waals surface area (Å²) < 4.78 is 0. The third-order valence-corrected chi connectivity index (χ3v) is 5.87. The molecule has 0 aromatic heterocycles. The van der Waals surface area contributed by atoms with E-state index in [1.54, 1.807) is 0 Å². The molecule has 3 aromatic carbocycles. The van der Waals surface area contributed by atoms with E-state index in [2.05, 4.69) is 125 Å². The van der Waals surface area contributed by atoms with Crippen molar-refractivity contribution in [3.63, 3.8) is 0 Å². The zero-order valence-corrected chi connectivity index (χ0v) is 22.8. The number of anilines is 2. The third-order valence-electron chi connectivity index (χ3n) is 5.87. The molecule has 2 N–H and O–H groups in total. The van der Waals surface area contributed by atoms with Gasteiger partial charge < -0.3 is 10.6 Å². The van der Waals surface area contributed by atoms with Crippen LogP contribution >= 0.6 is 0 Å². The largest absolute Gasteiger partial charge is 0.359 e. The van der Waals surface area contributed by atoms with Crippen molar-refractivity contribution in [2.24, 2.45) is 9.98 Å². The lowest BCUT2D eigenvalue weighted by atomic mass is 10.1. The van der Waals surface area contributed by atoms with Crippen LogP contribution in [0.4, 0.5) is 22.7 Å². The van der Waals surface area contributed by atoms with E-state index >= 15 is 0 Å². The van der Waals surface area contributed by atoms with Crippen LogP contribution in [0.15, 0.2) is 94.2 Å². The average molecular weight is 479 g/mol. The highest BCUT2D eigenvalue weighted by molar-refractivity contribution is 5.96. The van der Waals surface area contributed by atoms with E-state index in [-0.39, 0.29) is 0 Å². The van der Waals surface area contributed by atoms with Gasteiger partial charge >= 0.3 is 0 Å². The van der Waals surface area contributed by atoms with Crippen molar-refractivity contribution in [2.45, 2.75) is 55.4 Å². The van der Waals surface area contributed by atoms with Gasteiger partial charge in [0.1, 0.15) is 0 Å². The van der Waals surface area contributed by atoms with Gasteiger partial charge in [0.15, 0.2) is 0 Å². The lowest BCUT2D eigenvalue weighted by Gasteiger charge is -2.11. The molecule has 3 aromatic rings. The maximum atomic E-state index is 4.82. The molecule has 0 heterocycles. The van der Waals surface area contributed by atoms with E-state index in [4.69, 9.17) is 9.98 Å². The molecule has 3 rings (SSSR count). The quantitative estimate of drug-likeness (QED) is 0.317. The first-order chi connectivity index (χ1) is 17.1. The number of hydrogen-bond acceptors (Lipinski definition) is 4. The molecule has 0 aliphatic heterocycles. The first-order valence-electron chi connectivity index (χ1n) is 12.4. The number of benzene rings is 3. The van der Waals surface area contributed by atoms with Crippen molar-refractivity contribution < 1.29 is 0 Å². The second-order valence-electron chi connectivity index (χ2n) is 9.47. The standard InChI is InChI=1S/C32H38N4/c1-21-11-9-12-22(2)31(21)35-27(7)19-25(5)33-29-15-17-30(18-16-29)34-26(6)20-28(8)36-32-23(3)13-10-14-24(32)4/h9-20,33-34H,1-8H3/b25-19+,26-20+,35-27?,36-28?. The molecular weight excluding hydrogens is 440 g/mol. The highest BCUT2D eigenvalue weighted by Gasteiger charge is 2.03. The molecule has 0 fully saturated rings. The first kappa shape index (κ1) is 26.7. The predicted molar refractivity (Wildman–Crippen MR) is 159 cm³/mol. The van der Waals surface area contributed by atoms with Crippen LogP contribution in [-0.4, -0.2) is 11.4 Å². The van der Waals surface area contributed by atoms with Crippen molar-refractivity contribution >= 4 is 34.2 Å². The molecule has 0 amide bonds. The fourth-order valence-electron chi connectivity index (χ4n) is 4.17. The van der Waals surface area contributed by atoms with E-state index in [9.17, 15) is 0 Å². The van der Waals surface area contributed by atoms with Gasteiger partial charge in [0.2, 0.25) is 0 Å². The summed E-state index contributed by atoms with van der Waals surface area (Å²) in [5, 5.41) is 6.91. The highest BCUT2D eigenvalue weighted by Crippen LogP contribution is 2.25. The van der Waals surface area contributed by atoms with Crippen molar-refractivity contribution in [3.8, 4) is 0 Å². The topological polar surface area (TPSA) is 48.8 Å². The number of para-hydroxylation sites is 2. The van der Waals surface area contributed by atoms with E-state index in [1.807, 2.05) is 13.8 Å². The molecule has 0 atom stereocenters. The molecule has 0 bridgehead atoms. The van der Waals surface area contributed by atoms with Crippen molar-refractivity contribution in [1.82, 2.24) is 0 Å². The van der Waals surface area contributed by atoms with Crippen LogP contribution in [-0.2, 0) is 0 Å². The Balaban J connectivity index is 1.64. The van der Waals surface area contributed by atoms with Crippen LogP contribution in [0.5, 0.6) is 0 Å². The molecule has 0 saturated carbocycles. The second kappa shape index (κ2) is 12.2. The number of allylic oxidation sites excluding steroid dienone is 4. The Morgan fingerprint density at radius 1 is 0.528 bits per heavy atom. The second-order valence-corrected chi connectivity index (χ2v) is 9.47. The summed E-state index contributed by atoms with van der Waals surface area (Å²) in [6.07, 6.45) is 4.15. The monoisotopic (exact) mass is 478 g/mol. The highest BCUT2D eigenvalue weighted by atomic mass is 14.9. The number of nitrogens with one attached hydrogen (secondary N) is 2. The summed E-state index contributed by atoms with van der Waals surface area (Å²) in [4.78, 5) is 9.64. The smallest absolute Gasteiger partial charge is 0.0691 e. The molecule has 4 nitrogen and oxygen atoms in total. The van der Waals surface area contributed by atoms with Gasteiger partial charge in [-0.1, -0.05) is 36.4 Å². The van der Waals surface area contributed by atoms with Gasteiger partial charge in [0.05, 0.1) is 11.4 Å². The van der Waals surface area contributed by atoms with E-state index in [0.29, 0.717) is 0 Å². The molecule has 0 aliphatic rings. The molecule has 36 heavy (non-hydrogen) atoms. The first-order valence-corrected chi connectivity index (χ1v) is 12.4. The Kier molecular flexibility index (Phi) is 9.02. The van der Waals surface area contributed by atoms with Gasteiger partial charge in [-0.2, -0.15) is 0 Å². The number of aliphatic imine (C=N–C) groups is 2. The SMILES string of the molecule is CC(/C=C(\C)Nc1ccc(N/C(C)=C/C(C)=Nc2c(C)cccc2C)cc1)=Nc1c(C)cccc1C. The zero-order valence-electron chi connectivity index (χ0n) is 22.8. The third kappa shape index (κ3) is 7.54. The number of rotatable bonds is 8. The number of hydrogen-bond donors (Lipinski definition) is 2. The fourth-order valence-corrected chi connectivity index (χ4v) is 4.17. The van der Waals surface area contributed by atoms with Crippen LogP contribution in [0, 0.1) is 27.7 Å². The molecule has 0 aliphatic carbocycles. The Hall–Kier alpha value is -3.92. The van der Waals surface area contributed by atoms with Gasteiger partial charge in [0.25, 0.3) is 0 Å². The number of nitrogens with zero attached hydrogens (tertiary/aromatic N) is 2. The minimum absolute atomic E-state index is 0.967. The van der Waals surface area contributed by atoms with Crippen molar-refractivity contribution in [1.29, 1.82) is 0 Å². The normalized spacial score (nSPS) is 13.1. The molecule has 186 valence electrons. The zero-order chi connectivity index (χ0) is 26.2. The van der Waals surface area contributed by atoms with Crippen LogP contribution < -0.4 is 10.6 Å². The molecule has 0 spiro atoms. The lowest BCUT2D eigenvalue weighted by Crippen LogP contribution is -2.01. The minimum atomic E-state index is 0.967. The Labute approximate surface area is 216 Å². The summed E-state index contributed by atoms with van der Waals surface area (Å²) >= 11 is 0. The maximum Gasteiger partial charge on any atom is 0.0691 e. The van der Waals surface area contributed by atoms with Crippen LogP contribution in [0.3, 0.4) is 0 Å². The van der Waals surface area contributed by atoms with E-state index < -0.39 is 0 Å². The molecule has 0 radical (unpaired) electrons.